The van der Waals surface area contributed by atoms with Crippen LogP contribution in [0.3, 0.4) is 0 Å². The van der Waals surface area contributed by atoms with E-state index in [9.17, 15) is 0 Å². The van der Waals surface area contributed by atoms with Gasteiger partial charge in [0.15, 0.2) is 23.1 Å². The van der Waals surface area contributed by atoms with Crippen molar-refractivity contribution in [3.63, 3.8) is 0 Å². The van der Waals surface area contributed by atoms with Gasteiger partial charge in [-0.3, -0.25) is 0 Å². The summed E-state index contributed by atoms with van der Waals surface area (Å²) in [6, 6.07) is 72.7. The van der Waals surface area contributed by atoms with Gasteiger partial charge in [-0.25, -0.2) is 15.0 Å². The van der Waals surface area contributed by atoms with E-state index in [4.69, 9.17) is 19.4 Å². The molecule has 0 N–H and O–H groups in total. The number of hydrogen-bond acceptors (Lipinski definition) is 4. The summed E-state index contributed by atoms with van der Waals surface area (Å²) in [7, 11) is 0. The van der Waals surface area contributed by atoms with Crippen molar-refractivity contribution in [2.24, 2.45) is 0 Å². The fraction of sp³-hybridized carbons (Fsp3) is 0. The largest absolute Gasteiger partial charge is 0.454 e. The first kappa shape index (κ1) is 34.5. The van der Waals surface area contributed by atoms with Crippen molar-refractivity contribution in [2.45, 2.75) is 0 Å². The van der Waals surface area contributed by atoms with Crippen LogP contribution < -0.4 is 0 Å². The monoisotopic (exact) mass is 790 g/mol. The topological polar surface area (TPSA) is 56.7 Å². The minimum Gasteiger partial charge on any atom is -0.454 e. The minimum absolute atomic E-state index is 0.575. The fourth-order valence-corrected chi connectivity index (χ4v) is 9.46. The van der Waals surface area contributed by atoms with E-state index in [-0.39, 0.29) is 0 Å². The third-order valence-corrected chi connectivity index (χ3v) is 12.4. The Balaban J connectivity index is 1.13. The summed E-state index contributed by atoms with van der Waals surface area (Å²) in [5, 5.41) is 11.4. The molecule has 0 aliphatic carbocycles. The maximum absolute atomic E-state index is 7.15. The predicted molar refractivity (Wildman–Crippen MR) is 256 cm³/mol. The van der Waals surface area contributed by atoms with Crippen molar-refractivity contribution in [3.8, 4) is 51.0 Å². The van der Waals surface area contributed by atoms with Crippen molar-refractivity contribution in [3.05, 3.63) is 206 Å². The molecule has 0 atom stereocenters. The molecule has 0 amide bonds. The summed E-state index contributed by atoms with van der Waals surface area (Å²) >= 11 is 0. The van der Waals surface area contributed by atoms with E-state index < -0.39 is 0 Å². The van der Waals surface area contributed by atoms with Crippen LogP contribution in [0.4, 0.5) is 0 Å². The Morgan fingerprint density at radius 1 is 0.339 bits per heavy atom. The quantitative estimate of drug-likeness (QED) is 0.174. The molecule has 288 valence electrons. The molecule has 0 unspecified atom stereocenters. The lowest BCUT2D eigenvalue weighted by atomic mass is 10.0. The molecule has 0 aliphatic rings. The van der Waals surface area contributed by atoms with Crippen LogP contribution in [0.5, 0.6) is 0 Å². The number of hydrogen-bond donors (Lipinski definition) is 0. The molecule has 10 aromatic carbocycles. The Kier molecular flexibility index (Phi) is 7.54. The zero-order valence-corrected chi connectivity index (χ0v) is 33.3. The lowest BCUT2D eigenvalue weighted by Gasteiger charge is -2.13. The summed E-state index contributed by atoms with van der Waals surface area (Å²) in [4.78, 5) is 15.7. The third-order valence-electron chi connectivity index (χ3n) is 12.4. The highest BCUT2D eigenvalue weighted by Gasteiger charge is 2.24. The number of rotatable bonds is 5. The lowest BCUT2D eigenvalue weighted by molar-refractivity contribution is 0.667. The van der Waals surface area contributed by atoms with Gasteiger partial charge >= 0.3 is 0 Å². The molecule has 62 heavy (non-hydrogen) atoms. The summed E-state index contributed by atoms with van der Waals surface area (Å²) in [5.41, 5.74) is 9.66. The second kappa shape index (κ2) is 13.6. The van der Waals surface area contributed by atoms with Crippen LogP contribution in [-0.4, -0.2) is 19.5 Å². The highest BCUT2D eigenvalue weighted by molar-refractivity contribution is 6.24. The Labute approximate surface area is 355 Å². The highest BCUT2D eigenvalue weighted by atomic mass is 16.3. The molecular weight excluding hydrogens is 757 g/mol. The van der Waals surface area contributed by atoms with Crippen LogP contribution in [0.2, 0.25) is 0 Å². The molecule has 13 aromatic rings. The number of fused-ring (bicyclic) bond motifs is 10. The normalized spacial score (nSPS) is 11.9. The van der Waals surface area contributed by atoms with Crippen LogP contribution >= 0.6 is 0 Å². The molecule has 13 rings (SSSR count). The predicted octanol–water partition coefficient (Wildman–Crippen LogP) is 15.0. The highest BCUT2D eigenvalue weighted by Crippen LogP contribution is 2.45. The number of aromatic nitrogens is 4. The van der Waals surface area contributed by atoms with E-state index in [0.29, 0.717) is 17.5 Å². The van der Waals surface area contributed by atoms with Crippen LogP contribution in [0.25, 0.3) is 127 Å². The Morgan fingerprint density at radius 2 is 0.919 bits per heavy atom. The third kappa shape index (κ3) is 5.38. The van der Waals surface area contributed by atoms with Gasteiger partial charge in [0.1, 0.15) is 5.58 Å². The molecule has 0 spiro atoms. The van der Waals surface area contributed by atoms with Gasteiger partial charge in [0.25, 0.3) is 0 Å². The number of furan rings is 1. The maximum Gasteiger partial charge on any atom is 0.164 e. The van der Waals surface area contributed by atoms with Gasteiger partial charge < -0.3 is 8.98 Å². The SMILES string of the molecule is c1ccc(-c2cccc(-c3nc(-c4ccccc4)nc(-c4ccc(-n5c6cc7ccccc7cc6c6c7ccccc7ccc65)c5oc6cc7ccccc7cc6c45)n3)c2)cc1. The van der Waals surface area contributed by atoms with Gasteiger partial charge in [-0.2, -0.15) is 0 Å². The number of nitrogens with zero attached hydrogens (tertiary/aromatic N) is 4. The smallest absolute Gasteiger partial charge is 0.164 e. The molecule has 3 heterocycles. The number of benzene rings is 10. The van der Waals surface area contributed by atoms with Gasteiger partial charge in [-0.15, -0.1) is 0 Å². The van der Waals surface area contributed by atoms with Crippen LogP contribution in [-0.2, 0) is 0 Å². The van der Waals surface area contributed by atoms with E-state index in [2.05, 4.69) is 187 Å². The second-order valence-electron chi connectivity index (χ2n) is 16.0. The summed E-state index contributed by atoms with van der Waals surface area (Å²) in [6.45, 7) is 0. The lowest BCUT2D eigenvalue weighted by Crippen LogP contribution is -2.01. The average molecular weight is 791 g/mol. The molecule has 0 aliphatic heterocycles. The van der Waals surface area contributed by atoms with Gasteiger partial charge in [0.05, 0.1) is 16.7 Å². The molecular formula is C57H34N4O. The average Bonchev–Trinajstić information content (AvgIpc) is 3.88. The molecule has 5 nitrogen and oxygen atoms in total. The van der Waals surface area contributed by atoms with Crippen molar-refractivity contribution >= 4 is 76.1 Å². The van der Waals surface area contributed by atoms with E-state index in [1.54, 1.807) is 0 Å². The molecule has 0 radical (unpaired) electrons. The second-order valence-corrected chi connectivity index (χ2v) is 16.0. The molecule has 3 aromatic heterocycles. The first-order valence-corrected chi connectivity index (χ1v) is 20.9. The van der Waals surface area contributed by atoms with Crippen molar-refractivity contribution < 1.29 is 4.42 Å². The Hall–Kier alpha value is -8.41. The van der Waals surface area contributed by atoms with Crippen molar-refractivity contribution in [1.82, 2.24) is 19.5 Å². The van der Waals surface area contributed by atoms with Gasteiger partial charge in [-0.1, -0.05) is 158 Å². The zero-order valence-electron chi connectivity index (χ0n) is 33.3. The maximum atomic E-state index is 7.15. The first-order chi connectivity index (χ1) is 30.7. The summed E-state index contributed by atoms with van der Waals surface area (Å²) < 4.78 is 9.54. The van der Waals surface area contributed by atoms with Crippen LogP contribution in [0.1, 0.15) is 0 Å². The first-order valence-electron chi connectivity index (χ1n) is 20.9. The van der Waals surface area contributed by atoms with Gasteiger partial charge in [0, 0.05) is 38.2 Å². The molecule has 5 heteroatoms. The van der Waals surface area contributed by atoms with Crippen molar-refractivity contribution in [1.29, 1.82) is 0 Å². The molecule has 0 saturated heterocycles. The van der Waals surface area contributed by atoms with Crippen molar-refractivity contribution in [2.75, 3.05) is 0 Å². The van der Waals surface area contributed by atoms with E-state index in [1.165, 1.54) is 32.3 Å². The fourth-order valence-electron chi connectivity index (χ4n) is 9.46. The molecule has 0 bridgehead atoms. The van der Waals surface area contributed by atoms with Crippen LogP contribution in [0, 0.1) is 0 Å². The standard InChI is InChI=1S/C57H34N4O/c1-3-14-35(15-4-1)38-23-13-24-43(30-38)56-58-55(37-17-5-2-6-18-37)59-57(60-56)45-27-29-49(54-53(45)47-32-40-20-8-10-22-42(40)34-51(47)62-54)61-48-28-26-36-16-11-12-25-44(36)52(48)46-31-39-19-7-9-21-41(39)33-50(46)61/h1-34H. The van der Waals surface area contributed by atoms with E-state index >= 15 is 0 Å². The summed E-state index contributed by atoms with van der Waals surface area (Å²) in [5.74, 6) is 1.78. The Morgan fingerprint density at radius 3 is 1.68 bits per heavy atom. The van der Waals surface area contributed by atoms with Gasteiger partial charge in [-0.05, 0) is 92.0 Å². The van der Waals surface area contributed by atoms with E-state index in [0.717, 1.165) is 77.2 Å². The zero-order chi connectivity index (χ0) is 40.7. The van der Waals surface area contributed by atoms with Crippen LogP contribution in [0.15, 0.2) is 211 Å². The van der Waals surface area contributed by atoms with E-state index in [1.807, 2.05) is 24.3 Å². The Bertz CT molecular complexity index is 3920. The van der Waals surface area contributed by atoms with Gasteiger partial charge in [0.2, 0.25) is 0 Å². The molecule has 0 fully saturated rings. The molecule has 0 saturated carbocycles. The minimum atomic E-state index is 0.575. The summed E-state index contributed by atoms with van der Waals surface area (Å²) in [6.07, 6.45) is 0.